The minimum Gasteiger partial charge on any atom is -0.341 e. The number of hydrogen-bond acceptors (Lipinski definition) is 7. The fourth-order valence-corrected chi connectivity index (χ4v) is 4.52. The summed E-state index contributed by atoms with van der Waals surface area (Å²) in [4.78, 5) is 27.8. The molecule has 0 amide bonds. The molecule has 154 valence electrons. The quantitative estimate of drug-likeness (QED) is 0.660. The fraction of sp³-hybridized carbons (Fsp3) is 0.435. The van der Waals surface area contributed by atoms with Gasteiger partial charge in [-0.3, -0.25) is 4.98 Å². The zero-order chi connectivity index (χ0) is 20.2. The molecule has 0 aromatic carbocycles. The molecule has 0 bridgehead atoms. The van der Waals surface area contributed by atoms with Gasteiger partial charge in [0.05, 0.1) is 5.69 Å². The molecule has 7 heteroatoms. The van der Waals surface area contributed by atoms with Gasteiger partial charge in [-0.15, -0.1) is 0 Å². The van der Waals surface area contributed by atoms with Crippen molar-refractivity contribution in [1.29, 1.82) is 0 Å². The van der Waals surface area contributed by atoms with Crippen molar-refractivity contribution in [3.63, 3.8) is 0 Å². The summed E-state index contributed by atoms with van der Waals surface area (Å²) in [6.07, 6.45) is 15.3. The predicted molar refractivity (Wildman–Crippen MR) is 118 cm³/mol. The lowest BCUT2D eigenvalue weighted by atomic mass is 9.90. The summed E-state index contributed by atoms with van der Waals surface area (Å²) < 4.78 is 0. The van der Waals surface area contributed by atoms with Gasteiger partial charge in [-0.25, -0.2) is 19.9 Å². The Morgan fingerprint density at radius 2 is 1.60 bits per heavy atom. The molecule has 1 atom stereocenters. The second-order valence-electron chi connectivity index (χ2n) is 8.09. The summed E-state index contributed by atoms with van der Waals surface area (Å²) in [6, 6.07) is 5.93. The van der Waals surface area contributed by atoms with Crippen LogP contribution in [0.25, 0.3) is 11.1 Å². The lowest BCUT2D eigenvalue weighted by molar-refractivity contribution is 0.494. The number of aromatic nitrogens is 5. The third-order valence-electron chi connectivity index (χ3n) is 6.06. The van der Waals surface area contributed by atoms with E-state index in [1.165, 1.54) is 19.3 Å². The van der Waals surface area contributed by atoms with Gasteiger partial charge >= 0.3 is 0 Å². The van der Waals surface area contributed by atoms with Crippen LogP contribution in [0.4, 0.5) is 11.9 Å². The van der Waals surface area contributed by atoms with Gasteiger partial charge in [0.2, 0.25) is 11.9 Å². The summed E-state index contributed by atoms with van der Waals surface area (Å²) in [6.45, 7) is 3.93. The molecule has 30 heavy (non-hydrogen) atoms. The van der Waals surface area contributed by atoms with Crippen LogP contribution in [0.3, 0.4) is 0 Å². The van der Waals surface area contributed by atoms with Gasteiger partial charge in [-0.2, -0.15) is 0 Å². The molecule has 7 nitrogen and oxygen atoms in total. The van der Waals surface area contributed by atoms with Crippen molar-refractivity contribution in [2.24, 2.45) is 0 Å². The summed E-state index contributed by atoms with van der Waals surface area (Å²) in [5, 5.41) is 0. The van der Waals surface area contributed by atoms with E-state index in [4.69, 9.17) is 9.97 Å². The molecular weight excluding hydrogens is 374 g/mol. The van der Waals surface area contributed by atoms with Gasteiger partial charge < -0.3 is 9.80 Å². The Morgan fingerprint density at radius 1 is 0.767 bits per heavy atom. The van der Waals surface area contributed by atoms with Crippen LogP contribution in [0, 0.1) is 0 Å². The number of anilines is 2. The van der Waals surface area contributed by atoms with E-state index in [-0.39, 0.29) is 0 Å². The van der Waals surface area contributed by atoms with Crippen LogP contribution >= 0.6 is 0 Å². The van der Waals surface area contributed by atoms with Crippen molar-refractivity contribution < 1.29 is 0 Å². The zero-order valence-electron chi connectivity index (χ0n) is 17.2. The van der Waals surface area contributed by atoms with Gasteiger partial charge in [0.15, 0.2) is 0 Å². The highest BCUT2D eigenvalue weighted by Crippen LogP contribution is 2.34. The molecule has 3 aromatic rings. The third kappa shape index (κ3) is 3.97. The number of rotatable bonds is 4. The first kappa shape index (κ1) is 18.9. The first-order chi connectivity index (χ1) is 14.9. The van der Waals surface area contributed by atoms with Crippen molar-refractivity contribution in [1.82, 2.24) is 24.9 Å². The van der Waals surface area contributed by atoms with Crippen LogP contribution in [0.2, 0.25) is 0 Å². The van der Waals surface area contributed by atoms with Crippen molar-refractivity contribution in [2.45, 2.75) is 38.0 Å². The van der Waals surface area contributed by atoms with E-state index in [9.17, 15) is 0 Å². The van der Waals surface area contributed by atoms with Crippen LogP contribution in [-0.4, -0.2) is 51.1 Å². The minimum atomic E-state index is 0.310. The highest BCUT2D eigenvalue weighted by atomic mass is 15.3. The molecule has 2 saturated heterocycles. The minimum absolute atomic E-state index is 0.310. The molecule has 2 fully saturated rings. The lowest BCUT2D eigenvalue weighted by Gasteiger charge is -2.34. The molecule has 1 unspecified atom stereocenters. The summed E-state index contributed by atoms with van der Waals surface area (Å²) in [5.41, 5.74) is 3.29. The van der Waals surface area contributed by atoms with Crippen molar-refractivity contribution in [3.8, 4) is 11.1 Å². The fourth-order valence-electron chi connectivity index (χ4n) is 4.52. The van der Waals surface area contributed by atoms with E-state index in [0.29, 0.717) is 5.92 Å². The van der Waals surface area contributed by atoms with E-state index in [1.807, 2.05) is 36.9 Å². The summed E-state index contributed by atoms with van der Waals surface area (Å²) >= 11 is 0. The molecule has 0 N–H and O–H groups in total. The van der Waals surface area contributed by atoms with E-state index >= 15 is 0 Å². The third-order valence-corrected chi connectivity index (χ3v) is 6.06. The topological polar surface area (TPSA) is 70.9 Å². The Morgan fingerprint density at radius 3 is 2.40 bits per heavy atom. The second kappa shape index (κ2) is 8.73. The highest BCUT2D eigenvalue weighted by molar-refractivity contribution is 5.66. The average Bonchev–Trinajstić information content (AvgIpc) is 2.85. The van der Waals surface area contributed by atoms with Gasteiger partial charge in [0.25, 0.3) is 0 Å². The standard InChI is InChI=1S/C23H27N7/c1-2-12-29(13-3-1)23-27-16-20(18-7-4-9-24-15-18)21(28-23)19-8-5-14-30(17-19)22-25-10-6-11-26-22/h4,6-7,9-11,15-16,19H,1-3,5,8,12-14,17H2. The Balaban J connectivity index is 1.50. The molecule has 5 rings (SSSR count). The zero-order valence-corrected chi connectivity index (χ0v) is 17.2. The first-order valence-corrected chi connectivity index (χ1v) is 10.9. The molecule has 3 aromatic heterocycles. The van der Waals surface area contributed by atoms with Crippen LogP contribution in [0.1, 0.15) is 43.7 Å². The maximum absolute atomic E-state index is 5.14. The smallest absolute Gasteiger partial charge is 0.225 e. The van der Waals surface area contributed by atoms with Crippen molar-refractivity contribution >= 4 is 11.9 Å². The van der Waals surface area contributed by atoms with Crippen LogP contribution < -0.4 is 9.80 Å². The lowest BCUT2D eigenvalue weighted by Crippen LogP contribution is -2.36. The van der Waals surface area contributed by atoms with Crippen molar-refractivity contribution in [3.05, 3.63) is 54.9 Å². The monoisotopic (exact) mass is 401 g/mol. The molecule has 2 aliphatic rings. The number of hydrogen-bond donors (Lipinski definition) is 0. The maximum atomic E-state index is 5.14. The van der Waals surface area contributed by atoms with E-state index in [1.54, 1.807) is 6.20 Å². The molecule has 0 radical (unpaired) electrons. The SMILES string of the molecule is c1cnc(N2CCCC(c3nc(N4CCCCC4)ncc3-c3cccnc3)C2)nc1. The Bertz CT molecular complexity index is 958. The molecule has 2 aliphatic heterocycles. The predicted octanol–water partition coefficient (Wildman–Crippen LogP) is 3.70. The van der Waals surface area contributed by atoms with Gasteiger partial charge in [-0.05, 0) is 44.2 Å². The summed E-state index contributed by atoms with van der Waals surface area (Å²) in [7, 11) is 0. The maximum Gasteiger partial charge on any atom is 0.225 e. The molecule has 0 saturated carbocycles. The molecule has 5 heterocycles. The Kier molecular flexibility index (Phi) is 5.50. The largest absolute Gasteiger partial charge is 0.341 e. The second-order valence-corrected chi connectivity index (χ2v) is 8.09. The van der Waals surface area contributed by atoms with Crippen LogP contribution in [-0.2, 0) is 0 Å². The average molecular weight is 402 g/mol. The Labute approximate surface area is 177 Å². The molecule has 0 aliphatic carbocycles. The molecule has 0 spiro atoms. The first-order valence-electron chi connectivity index (χ1n) is 10.9. The van der Waals surface area contributed by atoms with E-state index < -0.39 is 0 Å². The van der Waals surface area contributed by atoms with Gasteiger partial charge in [0, 0.05) is 74.2 Å². The van der Waals surface area contributed by atoms with Crippen LogP contribution in [0.15, 0.2) is 49.2 Å². The van der Waals surface area contributed by atoms with E-state index in [2.05, 4.69) is 30.8 Å². The van der Waals surface area contributed by atoms with Gasteiger partial charge in [-0.1, -0.05) is 6.07 Å². The van der Waals surface area contributed by atoms with Crippen LogP contribution in [0.5, 0.6) is 0 Å². The number of nitrogens with zero attached hydrogens (tertiary/aromatic N) is 7. The molecular formula is C23H27N7. The summed E-state index contributed by atoms with van der Waals surface area (Å²) in [5.74, 6) is 1.98. The van der Waals surface area contributed by atoms with E-state index in [0.717, 1.165) is 67.7 Å². The number of piperidine rings is 2. The number of pyridine rings is 1. The normalized spacial score (nSPS) is 19.7. The van der Waals surface area contributed by atoms with Crippen molar-refractivity contribution in [2.75, 3.05) is 36.0 Å². The van der Waals surface area contributed by atoms with Gasteiger partial charge in [0.1, 0.15) is 0 Å². The highest BCUT2D eigenvalue weighted by Gasteiger charge is 2.28. The Hall–Kier alpha value is -3.09.